The summed E-state index contributed by atoms with van der Waals surface area (Å²) in [5, 5.41) is 3.10. The molecule has 1 aliphatic heterocycles. The van der Waals surface area contributed by atoms with Gasteiger partial charge >= 0.3 is 0 Å². The molecule has 0 saturated carbocycles. The van der Waals surface area contributed by atoms with E-state index in [-0.39, 0.29) is 6.04 Å². The zero-order valence-corrected chi connectivity index (χ0v) is 8.70. The van der Waals surface area contributed by atoms with E-state index >= 15 is 0 Å². The van der Waals surface area contributed by atoms with Gasteiger partial charge in [-0.3, -0.25) is 4.79 Å². The number of likely N-dealkylation sites (N-methyl/N-ethyl adjacent to an activating group) is 1. The molecule has 0 radical (unpaired) electrons. The summed E-state index contributed by atoms with van der Waals surface area (Å²) in [7, 11) is 1.87. The lowest BCUT2D eigenvalue weighted by Crippen LogP contribution is -2.52. The van der Waals surface area contributed by atoms with Crippen molar-refractivity contribution in [2.75, 3.05) is 13.6 Å². The van der Waals surface area contributed by atoms with Gasteiger partial charge in [0.1, 0.15) is 0 Å². The molecule has 2 rings (SSSR count). The summed E-state index contributed by atoms with van der Waals surface area (Å²) in [6.45, 7) is 0.948. The molecule has 3 heteroatoms. The molecule has 3 nitrogen and oxygen atoms in total. The Morgan fingerprint density at radius 3 is 2.79 bits per heavy atom. The molecule has 1 heterocycles. The van der Waals surface area contributed by atoms with Crippen LogP contribution < -0.4 is 5.32 Å². The average molecular weight is 194 g/mol. The minimum atomic E-state index is 0.0596. The molecule has 78 valence electrons. The van der Waals surface area contributed by atoms with Crippen molar-refractivity contribution in [3.05, 3.63) is 12.2 Å². The fourth-order valence-electron chi connectivity index (χ4n) is 2.39. The highest BCUT2D eigenvalue weighted by Gasteiger charge is 2.32. The van der Waals surface area contributed by atoms with E-state index in [1.54, 1.807) is 0 Å². The van der Waals surface area contributed by atoms with Crippen LogP contribution in [0.3, 0.4) is 0 Å². The lowest BCUT2D eigenvalue weighted by Gasteiger charge is -2.36. The Hall–Kier alpha value is -0.830. The van der Waals surface area contributed by atoms with Gasteiger partial charge in [0.2, 0.25) is 5.91 Å². The van der Waals surface area contributed by atoms with Crippen LogP contribution in [-0.2, 0) is 4.79 Å². The van der Waals surface area contributed by atoms with Crippen molar-refractivity contribution >= 4 is 5.91 Å². The van der Waals surface area contributed by atoms with Crippen LogP contribution in [0.1, 0.15) is 25.7 Å². The Balaban J connectivity index is 2.00. The van der Waals surface area contributed by atoms with Crippen molar-refractivity contribution in [3.8, 4) is 0 Å². The number of carbonyl (C=O) groups is 1. The third kappa shape index (κ3) is 1.69. The van der Waals surface area contributed by atoms with Crippen molar-refractivity contribution in [1.82, 2.24) is 10.2 Å². The number of rotatable bonds is 2. The molecule has 0 aromatic rings. The Bertz CT molecular complexity index is 242. The SMILES string of the molecule is CNC1CCCN(C2CC=CC2)C1=O. The van der Waals surface area contributed by atoms with Crippen LogP contribution in [0.15, 0.2) is 12.2 Å². The molecule has 1 fully saturated rings. The van der Waals surface area contributed by atoms with Gasteiger partial charge in [-0.05, 0) is 32.7 Å². The topological polar surface area (TPSA) is 32.3 Å². The van der Waals surface area contributed by atoms with Crippen LogP contribution in [-0.4, -0.2) is 36.5 Å². The van der Waals surface area contributed by atoms with Crippen LogP contribution >= 0.6 is 0 Å². The van der Waals surface area contributed by atoms with E-state index < -0.39 is 0 Å². The Kier molecular flexibility index (Phi) is 2.87. The third-order valence-corrected chi connectivity index (χ3v) is 3.25. The molecule has 0 aromatic carbocycles. The Labute approximate surface area is 85.2 Å². The number of likely N-dealkylation sites (tertiary alicyclic amines) is 1. The lowest BCUT2D eigenvalue weighted by atomic mass is 10.0. The van der Waals surface area contributed by atoms with Crippen LogP contribution in [0, 0.1) is 0 Å². The van der Waals surface area contributed by atoms with Crippen molar-refractivity contribution < 1.29 is 4.79 Å². The van der Waals surface area contributed by atoms with Crippen molar-refractivity contribution in [3.63, 3.8) is 0 Å². The summed E-state index contributed by atoms with van der Waals surface area (Å²) >= 11 is 0. The molecule has 14 heavy (non-hydrogen) atoms. The van der Waals surface area contributed by atoms with Gasteiger partial charge < -0.3 is 10.2 Å². The highest BCUT2D eigenvalue weighted by atomic mass is 16.2. The van der Waals surface area contributed by atoms with E-state index in [0.29, 0.717) is 11.9 Å². The highest BCUT2D eigenvalue weighted by molar-refractivity contribution is 5.83. The smallest absolute Gasteiger partial charge is 0.239 e. The number of piperidine rings is 1. The average Bonchev–Trinajstić information content (AvgIpc) is 2.71. The Morgan fingerprint density at radius 1 is 1.43 bits per heavy atom. The third-order valence-electron chi connectivity index (χ3n) is 3.25. The quantitative estimate of drug-likeness (QED) is 0.663. The maximum absolute atomic E-state index is 12.0. The van der Waals surface area contributed by atoms with E-state index in [2.05, 4.69) is 22.4 Å². The maximum atomic E-state index is 12.0. The molecular formula is C11H18N2O. The van der Waals surface area contributed by atoms with E-state index in [1.807, 2.05) is 7.05 Å². The number of nitrogens with zero attached hydrogens (tertiary/aromatic N) is 1. The predicted molar refractivity (Wildman–Crippen MR) is 56.0 cm³/mol. The van der Waals surface area contributed by atoms with E-state index in [1.165, 1.54) is 0 Å². The summed E-state index contributed by atoms with van der Waals surface area (Å²) in [5.41, 5.74) is 0. The van der Waals surface area contributed by atoms with Gasteiger partial charge in [-0.1, -0.05) is 12.2 Å². The first-order chi connectivity index (χ1) is 6.83. The predicted octanol–water partition coefficient (Wildman–Crippen LogP) is 0.915. The first-order valence-electron chi connectivity index (χ1n) is 5.45. The van der Waals surface area contributed by atoms with E-state index in [4.69, 9.17) is 0 Å². The molecule has 1 unspecified atom stereocenters. The normalized spacial score (nSPS) is 28.8. The number of carbonyl (C=O) groups excluding carboxylic acids is 1. The molecule has 0 bridgehead atoms. The minimum Gasteiger partial charge on any atom is -0.338 e. The molecule has 1 N–H and O–H groups in total. The summed E-state index contributed by atoms with van der Waals surface area (Å²) < 4.78 is 0. The zero-order valence-electron chi connectivity index (χ0n) is 8.70. The molecule has 2 aliphatic rings. The number of hydrogen-bond donors (Lipinski definition) is 1. The Morgan fingerprint density at radius 2 is 2.14 bits per heavy atom. The van der Waals surface area contributed by atoms with Crippen molar-refractivity contribution in [1.29, 1.82) is 0 Å². The molecule has 1 amide bonds. The summed E-state index contributed by atoms with van der Waals surface area (Å²) in [4.78, 5) is 14.0. The second kappa shape index (κ2) is 4.13. The first-order valence-corrected chi connectivity index (χ1v) is 5.45. The molecule has 1 saturated heterocycles. The second-order valence-corrected chi connectivity index (χ2v) is 4.11. The highest BCUT2D eigenvalue weighted by Crippen LogP contribution is 2.22. The minimum absolute atomic E-state index is 0.0596. The molecule has 1 atom stereocenters. The fraction of sp³-hybridized carbons (Fsp3) is 0.727. The number of amides is 1. The first kappa shape index (κ1) is 9.71. The second-order valence-electron chi connectivity index (χ2n) is 4.11. The van der Waals surface area contributed by atoms with Gasteiger partial charge in [-0.2, -0.15) is 0 Å². The monoisotopic (exact) mass is 194 g/mol. The van der Waals surface area contributed by atoms with Gasteiger partial charge in [-0.15, -0.1) is 0 Å². The molecule has 1 aliphatic carbocycles. The van der Waals surface area contributed by atoms with E-state index in [0.717, 1.165) is 32.2 Å². The fourth-order valence-corrected chi connectivity index (χ4v) is 2.39. The number of hydrogen-bond acceptors (Lipinski definition) is 2. The lowest BCUT2D eigenvalue weighted by molar-refractivity contribution is -0.138. The summed E-state index contributed by atoms with van der Waals surface area (Å²) in [6, 6.07) is 0.503. The maximum Gasteiger partial charge on any atom is 0.239 e. The zero-order chi connectivity index (χ0) is 9.97. The van der Waals surface area contributed by atoms with Crippen LogP contribution in [0.5, 0.6) is 0 Å². The van der Waals surface area contributed by atoms with Crippen LogP contribution in [0.4, 0.5) is 0 Å². The molecule has 0 spiro atoms. The van der Waals surface area contributed by atoms with Crippen LogP contribution in [0.2, 0.25) is 0 Å². The van der Waals surface area contributed by atoms with Gasteiger partial charge in [0.25, 0.3) is 0 Å². The van der Waals surface area contributed by atoms with E-state index in [9.17, 15) is 4.79 Å². The molecular weight excluding hydrogens is 176 g/mol. The van der Waals surface area contributed by atoms with Crippen molar-refractivity contribution in [2.45, 2.75) is 37.8 Å². The van der Waals surface area contributed by atoms with Crippen LogP contribution in [0.25, 0.3) is 0 Å². The van der Waals surface area contributed by atoms with Gasteiger partial charge in [0.05, 0.1) is 6.04 Å². The summed E-state index contributed by atoms with van der Waals surface area (Å²) in [6.07, 6.45) is 8.58. The van der Waals surface area contributed by atoms with Crippen molar-refractivity contribution in [2.24, 2.45) is 0 Å². The van der Waals surface area contributed by atoms with Gasteiger partial charge in [-0.25, -0.2) is 0 Å². The van der Waals surface area contributed by atoms with Gasteiger partial charge in [0.15, 0.2) is 0 Å². The molecule has 0 aromatic heterocycles. The summed E-state index contributed by atoms with van der Waals surface area (Å²) in [5.74, 6) is 0.299. The van der Waals surface area contributed by atoms with Gasteiger partial charge in [0, 0.05) is 12.6 Å². The number of nitrogens with one attached hydrogen (secondary N) is 1. The standard InChI is InChI=1S/C11H18N2O/c1-12-10-7-4-8-13(11(10)14)9-5-2-3-6-9/h2-3,9-10,12H,4-8H2,1H3. The largest absolute Gasteiger partial charge is 0.338 e.